The molecule has 2 heterocycles. The number of rotatable bonds is 5. The Kier molecular flexibility index (Phi) is 5.20. The van der Waals surface area contributed by atoms with Gasteiger partial charge in [-0.15, -0.1) is 11.3 Å². The van der Waals surface area contributed by atoms with Gasteiger partial charge in [0.25, 0.3) is 0 Å². The van der Waals surface area contributed by atoms with Crippen LogP contribution in [-0.2, 0) is 6.42 Å². The van der Waals surface area contributed by atoms with Crippen LogP contribution in [-0.4, -0.2) is 24.1 Å². The third-order valence-electron chi connectivity index (χ3n) is 2.94. The van der Waals surface area contributed by atoms with Crippen molar-refractivity contribution in [3.8, 4) is 0 Å². The molecule has 4 heteroatoms. The van der Waals surface area contributed by atoms with Crippen LogP contribution >= 0.6 is 39.0 Å². The van der Waals surface area contributed by atoms with E-state index in [1.807, 2.05) is 11.3 Å². The minimum atomic E-state index is 0.728. The lowest BCUT2D eigenvalue weighted by atomic mass is 9.99. The van der Waals surface area contributed by atoms with Crippen molar-refractivity contribution in [2.24, 2.45) is 5.92 Å². The van der Waals surface area contributed by atoms with Crippen molar-refractivity contribution in [2.45, 2.75) is 25.8 Å². The summed E-state index contributed by atoms with van der Waals surface area (Å²) in [5.41, 5.74) is 0. The van der Waals surface area contributed by atoms with Crippen LogP contribution in [0.25, 0.3) is 0 Å². The third-order valence-corrected chi connectivity index (χ3v) is 5.92. The molecule has 1 aromatic heterocycles. The number of thioether (sulfide) groups is 1. The summed E-state index contributed by atoms with van der Waals surface area (Å²) in [6, 6.07) is 3.00. The van der Waals surface area contributed by atoms with Gasteiger partial charge in [0.1, 0.15) is 0 Å². The highest BCUT2D eigenvalue weighted by atomic mass is 79.9. The molecular formula is C12H18BrNS2. The lowest BCUT2D eigenvalue weighted by molar-refractivity contribution is 0.427. The molecule has 2 atom stereocenters. The quantitative estimate of drug-likeness (QED) is 0.886. The van der Waals surface area contributed by atoms with Gasteiger partial charge in [-0.2, -0.15) is 11.8 Å². The zero-order valence-corrected chi connectivity index (χ0v) is 12.8. The molecule has 2 unspecified atom stereocenters. The molecule has 90 valence electrons. The van der Waals surface area contributed by atoms with E-state index in [1.165, 1.54) is 33.7 Å². The molecule has 0 saturated carbocycles. The maximum Gasteiger partial charge on any atom is 0.0285 e. The van der Waals surface area contributed by atoms with Crippen molar-refractivity contribution in [1.29, 1.82) is 0 Å². The van der Waals surface area contributed by atoms with E-state index in [1.54, 1.807) is 0 Å². The Morgan fingerprint density at radius 3 is 3.06 bits per heavy atom. The second kappa shape index (κ2) is 6.43. The van der Waals surface area contributed by atoms with E-state index in [0.29, 0.717) is 0 Å². The number of thiophene rings is 1. The Bertz CT molecular complexity index is 327. The zero-order valence-electron chi connectivity index (χ0n) is 9.54. The molecule has 1 aromatic rings. The molecule has 2 rings (SSSR count). The van der Waals surface area contributed by atoms with Gasteiger partial charge in [-0.25, -0.2) is 0 Å². The molecule has 0 bridgehead atoms. The van der Waals surface area contributed by atoms with E-state index >= 15 is 0 Å². The Morgan fingerprint density at radius 1 is 1.50 bits per heavy atom. The normalized spacial score (nSPS) is 25.1. The molecule has 0 aromatic carbocycles. The standard InChI is InChI=1S/C12H18BrNS2/c1-2-3-14-12-8-15-6-9(12)4-11-5-10(13)7-16-11/h5,7,9,12,14H,2-4,6,8H2,1H3. The summed E-state index contributed by atoms with van der Waals surface area (Å²) >= 11 is 7.50. The van der Waals surface area contributed by atoms with Crippen LogP contribution < -0.4 is 5.32 Å². The van der Waals surface area contributed by atoms with Crippen LogP contribution in [0, 0.1) is 5.92 Å². The number of hydrogen-bond donors (Lipinski definition) is 1. The fourth-order valence-electron chi connectivity index (χ4n) is 2.07. The van der Waals surface area contributed by atoms with E-state index in [-0.39, 0.29) is 0 Å². The second-order valence-corrected chi connectivity index (χ2v) is 7.28. The first-order valence-corrected chi connectivity index (χ1v) is 8.66. The predicted molar refractivity (Wildman–Crippen MR) is 78.6 cm³/mol. The van der Waals surface area contributed by atoms with Gasteiger partial charge < -0.3 is 5.32 Å². The molecule has 0 spiro atoms. The van der Waals surface area contributed by atoms with Gasteiger partial charge in [0.2, 0.25) is 0 Å². The van der Waals surface area contributed by atoms with Crippen molar-refractivity contribution < 1.29 is 0 Å². The van der Waals surface area contributed by atoms with Gasteiger partial charge in [0.05, 0.1) is 0 Å². The van der Waals surface area contributed by atoms with Gasteiger partial charge in [0, 0.05) is 26.5 Å². The highest BCUT2D eigenvalue weighted by molar-refractivity contribution is 9.10. The predicted octanol–water partition coefficient (Wildman–Crippen LogP) is 3.78. The first kappa shape index (κ1) is 12.9. The van der Waals surface area contributed by atoms with E-state index in [2.05, 4.69) is 51.4 Å². The Hall–Kier alpha value is 0.490. The molecule has 16 heavy (non-hydrogen) atoms. The first-order valence-electron chi connectivity index (χ1n) is 5.83. The molecule has 1 nitrogen and oxygen atoms in total. The molecule has 0 aliphatic carbocycles. The molecule has 1 aliphatic rings. The van der Waals surface area contributed by atoms with E-state index in [0.717, 1.165) is 18.5 Å². The molecule has 1 aliphatic heterocycles. The maximum absolute atomic E-state index is 3.68. The van der Waals surface area contributed by atoms with Crippen molar-refractivity contribution in [2.75, 3.05) is 18.1 Å². The van der Waals surface area contributed by atoms with Crippen molar-refractivity contribution >= 4 is 39.0 Å². The van der Waals surface area contributed by atoms with Gasteiger partial charge in [-0.05, 0) is 53.1 Å². The average molecular weight is 320 g/mol. The van der Waals surface area contributed by atoms with Crippen molar-refractivity contribution in [3.05, 3.63) is 20.8 Å². The fraction of sp³-hybridized carbons (Fsp3) is 0.667. The first-order chi connectivity index (χ1) is 7.79. The summed E-state index contributed by atoms with van der Waals surface area (Å²) < 4.78 is 1.23. The summed E-state index contributed by atoms with van der Waals surface area (Å²) in [7, 11) is 0. The molecule has 1 N–H and O–H groups in total. The minimum absolute atomic E-state index is 0.728. The van der Waals surface area contributed by atoms with E-state index in [4.69, 9.17) is 0 Å². The SMILES string of the molecule is CCCNC1CSCC1Cc1cc(Br)cs1. The van der Waals surface area contributed by atoms with Crippen LogP contribution in [0.15, 0.2) is 15.9 Å². The third kappa shape index (κ3) is 3.49. The summed E-state index contributed by atoms with van der Waals surface area (Å²) in [6.45, 7) is 3.40. The van der Waals surface area contributed by atoms with Crippen LogP contribution in [0.3, 0.4) is 0 Å². The number of halogens is 1. The zero-order chi connectivity index (χ0) is 11.4. The summed E-state index contributed by atoms with van der Waals surface area (Å²) in [5, 5.41) is 5.87. The number of hydrogen-bond acceptors (Lipinski definition) is 3. The monoisotopic (exact) mass is 319 g/mol. The Labute approximate surface area is 115 Å². The molecule has 0 amide bonds. The molecular weight excluding hydrogens is 302 g/mol. The molecule has 1 saturated heterocycles. The maximum atomic E-state index is 3.68. The highest BCUT2D eigenvalue weighted by Gasteiger charge is 2.27. The van der Waals surface area contributed by atoms with Crippen LogP contribution in [0.5, 0.6) is 0 Å². The van der Waals surface area contributed by atoms with Crippen LogP contribution in [0.1, 0.15) is 18.2 Å². The summed E-state index contributed by atoms with van der Waals surface area (Å²) in [5.74, 6) is 3.43. The Morgan fingerprint density at radius 2 is 2.38 bits per heavy atom. The van der Waals surface area contributed by atoms with Crippen molar-refractivity contribution in [1.82, 2.24) is 5.32 Å². The van der Waals surface area contributed by atoms with Crippen LogP contribution in [0.4, 0.5) is 0 Å². The topological polar surface area (TPSA) is 12.0 Å². The minimum Gasteiger partial charge on any atom is -0.313 e. The second-order valence-electron chi connectivity index (χ2n) is 4.29. The lowest BCUT2D eigenvalue weighted by Gasteiger charge is -2.19. The van der Waals surface area contributed by atoms with E-state index < -0.39 is 0 Å². The van der Waals surface area contributed by atoms with Gasteiger partial charge in [0.15, 0.2) is 0 Å². The average Bonchev–Trinajstić information content (AvgIpc) is 2.86. The van der Waals surface area contributed by atoms with Gasteiger partial charge >= 0.3 is 0 Å². The number of nitrogens with one attached hydrogen (secondary N) is 1. The fourth-order valence-corrected chi connectivity index (χ4v) is 5.05. The lowest BCUT2D eigenvalue weighted by Crippen LogP contribution is -2.36. The Balaban J connectivity index is 1.88. The smallest absolute Gasteiger partial charge is 0.0285 e. The molecule has 0 radical (unpaired) electrons. The van der Waals surface area contributed by atoms with Crippen LogP contribution in [0.2, 0.25) is 0 Å². The summed E-state index contributed by atoms with van der Waals surface area (Å²) in [6.07, 6.45) is 2.48. The molecule has 1 fully saturated rings. The van der Waals surface area contributed by atoms with Crippen molar-refractivity contribution in [3.63, 3.8) is 0 Å². The van der Waals surface area contributed by atoms with E-state index in [9.17, 15) is 0 Å². The van der Waals surface area contributed by atoms with Gasteiger partial charge in [-0.1, -0.05) is 6.92 Å². The largest absolute Gasteiger partial charge is 0.313 e. The highest BCUT2D eigenvalue weighted by Crippen LogP contribution is 2.30. The summed E-state index contributed by atoms with van der Waals surface area (Å²) in [4.78, 5) is 1.52. The van der Waals surface area contributed by atoms with Gasteiger partial charge in [-0.3, -0.25) is 0 Å².